The predicted octanol–water partition coefficient (Wildman–Crippen LogP) is 14.1. The topological polar surface area (TPSA) is 221 Å². The number of nitrogens with two attached hydrogens (primary N) is 1. The van der Waals surface area contributed by atoms with Crippen molar-refractivity contribution in [3.05, 3.63) is 185 Å². The van der Waals surface area contributed by atoms with Gasteiger partial charge in [-0.05, 0) is 119 Å². The number of esters is 1. The summed E-state index contributed by atoms with van der Waals surface area (Å²) in [6.45, 7) is 5.52. The van der Waals surface area contributed by atoms with Crippen LogP contribution in [0.2, 0.25) is 0 Å². The lowest BCUT2D eigenvalue weighted by Crippen LogP contribution is -2.53. The standard InChI is InChI=1S/C70H70N4O11S2/c1-6-70(2,3)67(77)68(78)74-39-12-11-20-57(74)69(79)85-58(35-27-46-28-36-59(83-4)60(40-46)84-5)49-14-13-15-52(41-49)72-63(75)37-38-64(76)73-66-51(43-62(87(80,81)82)54-17-8-10-19-56(54)66)34-26-45-23-31-48(32-24-45)47-29-21-44(22-30-47)25-33-50-42-61(86)53-16-7-9-18-55(53)65(50)71/h7-10,13-19,21-26,28-34,36,40-43,57-58,86H,6,11-12,20,27,35,37-39,71H2,1-5H3,(H,72,75)(H,73,76)(H,80,81,82)/b33-25+,34-26+. The van der Waals surface area contributed by atoms with Gasteiger partial charge in [0.1, 0.15) is 17.0 Å². The summed E-state index contributed by atoms with van der Waals surface area (Å²) in [6, 6.07) is 44.9. The number of likely N-dealkylation sites (tertiary alicyclic amines) is 1. The molecule has 0 radical (unpaired) electrons. The number of amides is 3. The Hall–Kier alpha value is -9.03. The molecule has 0 saturated carbocycles. The van der Waals surface area contributed by atoms with E-state index in [9.17, 15) is 36.9 Å². The minimum atomic E-state index is -4.73. The number of hydrogen-bond acceptors (Lipinski definition) is 12. The van der Waals surface area contributed by atoms with Crippen molar-refractivity contribution in [1.82, 2.24) is 4.90 Å². The zero-order chi connectivity index (χ0) is 62.0. The molecule has 15 nitrogen and oxygen atoms in total. The molecule has 0 bridgehead atoms. The molecule has 2 unspecified atom stereocenters. The van der Waals surface area contributed by atoms with Crippen molar-refractivity contribution in [2.24, 2.45) is 5.41 Å². The molecule has 5 N–H and O–H groups in total. The monoisotopic (exact) mass is 1210 g/mol. The zero-order valence-electron chi connectivity index (χ0n) is 49.2. The molecule has 9 rings (SSSR count). The summed E-state index contributed by atoms with van der Waals surface area (Å²) in [4.78, 5) is 70.7. The highest BCUT2D eigenvalue weighted by molar-refractivity contribution is 7.86. The van der Waals surface area contributed by atoms with Gasteiger partial charge in [-0.15, -0.1) is 12.6 Å². The van der Waals surface area contributed by atoms with Crippen LogP contribution >= 0.6 is 12.6 Å². The summed E-state index contributed by atoms with van der Waals surface area (Å²) in [5, 5.41) is 8.27. The maximum absolute atomic E-state index is 14.3. The number of nitrogens with one attached hydrogen (secondary N) is 2. The molecular weight excluding hydrogens is 1140 g/mol. The number of benzene rings is 8. The number of ketones is 1. The van der Waals surface area contributed by atoms with Crippen LogP contribution in [0.5, 0.6) is 11.5 Å². The van der Waals surface area contributed by atoms with E-state index in [0.717, 1.165) is 49.0 Å². The first-order chi connectivity index (χ1) is 41.7. The smallest absolute Gasteiger partial charge is 0.329 e. The number of carbonyl (C=O) groups is 5. The van der Waals surface area contributed by atoms with E-state index in [1.165, 1.54) is 17.0 Å². The summed E-state index contributed by atoms with van der Waals surface area (Å²) in [7, 11) is -1.64. The van der Waals surface area contributed by atoms with E-state index in [1.807, 2.05) is 110 Å². The van der Waals surface area contributed by atoms with E-state index in [2.05, 4.69) is 23.3 Å². The number of nitrogen functional groups attached to an aromatic ring is 1. The number of aryl methyl sites for hydroxylation is 1. The molecule has 8 aromatic carbocycles. The molecule has 1 aliphatic rings. The van der Waals surface area contributed by atoms with Gasteiger partial charge in [-0.2, -0.15) is 8.42 Å². The van der Waals surface area contributed by atoms with Crippen molar-refractivity contribution in [2.75, 3.05) is 37.1 Å². The van der Waals surface area contributed by atoms with Crippen LogP contribution in [0.4, 0.5) is 17.1 Å². The first kappa shape index (κ1) is 62.5. The van der Waals surface area contributed by atoms with Crippen LogP contribution in [-0.4, -0.2) is 74.2 Å². The number of hydrogen-bond donors (Lipinski definition) is 5. The van der Waals surface area contributed by atoms with Crippen LogP contribution < -0.4 is 25.8 Å². The van der Waals surface area contributed by atoms with Gasteiger partial charge in [0.25, 0.3) is 16.0 Å². The predicted molar refractivity (Wildman–Crippen MR) is 347 cm³/mol. The quantitative estimate of drug-likeness (QED) is 0.0107. The van der Waals surface area contributed by atoms with Crippen LogP contribution in [0.15, 0.2) is 161 Å². The maximum atomic E-state index is 14.3. The molecule has 2 atom stereocenters. The number of rotatable bonds is 22. The van der Waals surface area contributed by atoms with Crippen molar-refractivity contribution < 1.29 is 51.2 Å². The lowest BCUT2D eigenvalue weighted by Gasteiger charge is -2.36. The minimum absolute atomic E-state index is 0.184. The zero-order valence-corrected chi connectivity index (χ0v) is 50.9. The third-order valence-electron chi connectivity index (χ3n) is 16.0. The largest absolute Gasteiger partial charge is 0.493 e. The van der Waals surface area contributed by atoms with E-state index < -0.39 is 57.2 Å². The second kappa shape index (κ2) is 27.6. The van der Waals surface area contributed by atoms with E-state index >= 15 is 0 Å². The van der Waals surface area contributed by atoms with Gasteiger partial charge in [-0.25, -0.2) is 4.79 Å². The molecule has 448 valence electrons. The minimum Gasteiger partial charge on any atom is -0.493 e. The fourth-order valence-electron chi connectivity index (χ4n) is 10.6. The second-order valence-electron chi connectivity index (χ2n) is 22.2. The van der Waals surface area contributed by atoms with E-state index in [4.69, 9.17) is 19.9 Å². The first-order valence-electron chi connectivity index (χ1n) is 28.8. The number of methoxy groups -OCH3 is 2. The highest BCUT2D eigenvalue weighted by Gasteiger charge is 2.41. The van der Waals surface area contributed by atoms with Gasteiger partial charge in [-0.1, -0.05) is 160 Å². The van der Waals surface area contributed by atoms with Gasteiger partial charge >= 0.3 is 5.97 Å². The van der Waals surface area contributed by atoms with Gasteiger partial charge < -0.3 is 35.5 Å². The fraction of sp³-hybridized carbons (Fsp3) is 0.243. The normalized spacial score (nSPS) is 14.1. The number of Topliss-reactive ketones (excluding diaryl/α,β-unsaturated/α-hetero) is 1. The Morgan fingerprint density at radius 2 is 1.31 bits per heavy atom. The number of piperidine rings is 1. The molecule has 87 heavy (non-hydrogen) atoms. The Labute approximate surface area is 512 Å². The molecule has 0 aromatic heterocycles. The van der Waals surface area contributed by atoms with Crippen LogP contribution in [0.1, 0.15) is 105 Å². The SMILES string of the molecule is CCC(C)(C)C(=O)C(=O)N1CCCCC1C(=O)OC(CCc1ccc(OC)c(OC)c1)c1cccc(NC(=O)CCC(=O)Nc2c(/C=C/c3ccc(-c4ccc(/C=C/c5cc(S)c6ccccc6c5N)cc4)cc3)cc(S(=O)(=O)O)c3ccccc23)c1. The van der Waals surface area contributed by atoms with Crippen LogP contribution in [0.3, 0.4) is 0 Å². The van der Waals surface area contributed by atoms with Crippen LogP contribution in [0.25, 0.3) is 57.0 Å². The average Bonchev–Trinajstić information content (AvgIpc) is 1.52. The number of anilines is 3. The van der Waals surface area contributed by atoms with E-state index in [1.54, 1.807) is 88.8 Å². The van der Waals surface area contributed by atoms with Gasteiger partial charge in [0, 0.05) is 62.8 Å². The van der Waals surface area contributed by atoms with Crippen molar-refractivity contribution in [1.29, 1.82) is 0 Å². The summed E-state index contributed by atoms with van der Waals surface area (Å²) in [5.41, 5.74) is 13.3. The van der Waals surface area contributed by atoms with Crippen molar-refractivity contribution >= 4 is 115 Å². The Balaban J connectivity index is 0.887. The highest BCUT2D eigenvalue weighted by atomic mass is 32.2. The van der Waals surface area contributed by atoms with Crippen molar-refractivity contribution in [2.45, 2.75) is 94.1 Å². The molecule has 1 fully saturated rings. The molecule has 0 aliphatic carbocycles. The molecule has 0 spiro atoms. The Bertz CT molecular complexity index is 4090. The van der Waals surface area contributed by atoms with Crippen molar-refractivity contribution in [3.63, 3.8) is 0 Å². The lowest BCUT2D eigenvalue weighted by atomic mass is 9.84. The Morgan fingerprint density at radius 1 is 0.701 bits per heavy atom. The van der Waals surface area contributed by atoms with Crippen molar-refractivity contribution in [3.8, 4) is 22.6 Å². The Morgan fingerprint density at radius 3 is 1.94 bits per heavy atom. The number of ether oxygens (including phenoxy) is 3. The van der Waals surface area contributed by atoms with Crippen LogP contribution in [0, 0.1) is 5.41 Å². The van der Waals surface area contributed by atoms with Gasteiger partial charge in [-0.3, -0.25) is 23.7 Å². The summed E-state index contributed by atoms with van der Waals surface area (Å²) in [6.07, 6.45) is 8.85. The third kappa shape index (κ3) is 15.0. The molecule has 3 amide bonds. The summed E-state index contributed by atoms with van der Waals surface area (Å²) in [5.74, 6) is -1.85. The number of fused-ring (bicyclic) bond motifs is 2. The molecule has 1 aliphatic heterocycles. The lowest BCUT2D eigenvalue weighted by molar-refractivity contribution is -0.164. The fourth-order valence-corrected chi connectivity index (χ4v) is 11.7. The van der Waals surface area contributed by atoms with E-state index in [0.29, 0.717) is 72.3 Å². The third-order valence-corrected chi connectivity index (χ3v) is 17.3. The molecule has 1 saturated heterocycles. The number of carbonyl (C=O) groups excluding carboxylic acids is 5. The first-order valence-corrected chi connectivity index (χ1v) is 30.7. The molecule has 8 aromatic rings. The maximum Gasteiger partial charge on any atom is 0.329 e. The van der Waals surface area contributed by atoms with E-state index in [-0.39, 0.29) is 40.9 Å². The van der Waals surface area contributed by atoms with Gasteiger partial charge in [0.15, 0.2) is 11.5 Å². The molecular formula is C70H70N4O11S2. The molecule has 17 heteroatoms. The van der Waals surface area contributed by atoms with Crippen LogP contribution in [-0.2, 0) is 45.2 Å². The molecule has 1 heterocycles. The van der Waals surface area contributed by atoms with Gasteiger partial charge in [0.05, 0.1) is 19.9 Å². The van der Waals surface area contributed by atoms with Gasteiger partial charge in [0.2, 0.25) is 17.6 Å². The second-order valence-corrected chi connectivity index (χ2v) is 24.0. The highest BCUT2D eigenvalue weighted by Crippen LogP contribution is 2.37. The average molecular weight is 1210 g/mol. The number of thiol groups is 1. The summed E-state index contributed by atoms with van der Waals surface area (Å²) < 4.78 is 53.3. The summed E-state index contributed by atoms with van der Waals surface area (Å²) >= 11 is 4.68. The Kier molecular flexibility index (Phi) is 19.8. The number of nitrogens with zero attached hydrogens (tertiary/aromatic N) is 1.